The van der Waals surface area contributed by atoms with Crippen LogP contribution < -0.4 is 10.6 Å². The highest BCUT2D eigenvalue weighted by Crippen LogP contribution is 2.37. The molecule has 11 heteroatoms. The Hall–Kier alpha value is -2.98. The average molecular weight is 651 g/mol. The van der Waals surface area contributed by atoms with Crippen LogP contribution in [0.15, 0.2) is 54.6 Å². The third-order valence-corrected chi connectivity index (χ3v) is 9.07. The maximum Gasteiger partial charge on any atom is 0.251 e. The molecule has 0 bridgehead atoms. The van der Waals surface area contributed by atoms with Gasteiger partial charge in [0.25, 0.3) is 5.91 Å². The van der Waals surface area contributed by atoms with Crippen molar-refractivity contribution in [2.45, 2.75) is 75.6 Å². The molecule has 1 aliphatic carbocycles. The van der Waals surface area contributed by atoms with Crippen LogP contribution in [0.5, 0.6) is 0 Å². The van der Waals surface area contributed by atoms with E-state index in [1.807, 2.05) is 20.8 Å². The standard InChI is InChI=1S/C33H39Cl2F2N3O4/c1-20(14-28(44-5)24-8-7-22(36)16-27(24)37)30(42)39-33(18-40(19-33)23-10-12-32(4,43)13-11-23)17-29(41)38-31(2,3)25-15-21(34)6-9-26(25)35/h6-9,14-16,23,43H,1,10-13,17-19H2,2-5H3,(H,38,41)(H,39,42)/b28-14-. The molecule has 3 N–H and O–H groups in total. The number of carbonyl (C=O) groups is 2. The Kier molecular flexibility index (Phi) is 10.1. The molecule has 44 heavy (non-hydrogen) atoms. The van der Waals surface area contributed by atoms with E-state index in [0.29, 0.717) is 41.5 Å². The van der Waals surface area contributed by atoms with Gasteiger partial charge in [-0.2, -0.15) is 0 Å². The summed E-state index contributed by atoms with van der Waals surface area (Å²) in [5.41, 5.74) is -1.86. The van der Waals surface area contributed by atoms with E-state index in [-0.39, 0.29) is 35.3 Å². The van der Waals surface area contributed by atoms with Gasteiger partial charge in [-0.05, 0) is 88.4 Å². The van der Waals surface area contributed by atoms with Crippen molar-refractivity contribution in [3.63, 3.8) is 0 Å². The smallest absolute Gasteiger partial charge is 0.251 e. The van der Waals surface area contributed by atoms with Crippen LogP contribution in [0.2, 0.25) is 10.0 Å². The SMILES string of the molecule is C=C(/C=C(\OC)c1ccc(F)cc1F)C(=O)NC1(CC(=O)NC(C)(C)c2cc(Cl)ccc2Cl)CN(C2CCC(C)(O)CC2)C1. The van der Waals surface area contributed by atoms with Gasteiger partial charge in [0, 0.05) is 40.8 Å². The van der Waals surface area contributed by atoms with Crippen molar-refractivity contribution in [1.29, 1.82) is 0 Å². The normalized spacial score (nSPS) is 22.1. The van der Waals surface area contributed by atoms with Gasteiger partial charge in [0.05, 0.1) is 35.8 Å². The summed E-state index contributed by atoms with van der Waals surface area (Å²) in [5, 5.41) is 17.4. The first-order valence-electron chi connectivity index (χ1n) is 14.5. The largest absolute Gasteiger partial charge is 0.496 e. The fraction of sp³-hybridized carbons (Fsp3) is 0.455. The Morgan fingerprint density at radius 2 is 1.82 bits per heavy atom. The lowest BCUT2D eigenvalue weighted by Gasteiger charge is -2.55. The van der Waals surface area contributed by atoms with Crippen LogP contribution >= 0.6 is 23.2 Å². The average Bonchev–Trinajstić information content (AvgIpc) is 2.91. The van der Waals surface area contributed by atoms with Gasteiger partial charge in [-0.1, -0.05) is 29.8 Å². The molecule has 1 saturated carbocycles. The second-order valence-corrected chi connectivity index (χ2v) is 13.5. The molecule has 7 nitrogen and oxygen atoms in total. The lowest BCUT2D eigenvalue weighted by atomic mass is 9.78. The van der Waals surface area contributed by atoms with Crippen molar-refractivity contribution < 1.29 is 28.2 Å². The Morgan fingerprint density at radius 3 is 2.43 bits per heavy atom. The summed E-state index contributed by atoms with van der Waals surface area (Å²) in [6, 6.07) is 8.30. The Balaban J connectivity index is 1.52. The maximum atomic E-state index is 14.4. The molecule has 2 aliphatic rings. The van der Waals surface area contributed by atoms with E-state index in [1.54, 1.807) is 18.2 Å². The second kappa shape index (κ2) is 13.2. The highest BCUT2D eigenvalue weighted by molar-refractivity contribution is 6.33. The van der Waals surface area contributed by atoms with Gasteiger partial charge < -0.3 is 20.5 Å². The van der Waals surface area contributed by atoms with E-state index in [0.717, 1.165) is 25.0 Å². The second-order valence-electron chi connectivity index (χ2n) is 12.7. The van der Waals surface area contributed by atoms with E-state index in [1.165, 1.54) is 19.3 Å². The first-order valence-corrected chi connectivity index (χ1v) is 15.2. The summed E-state index contributed by atoms with van der Waals surface area (Å²) >= 11 is 12.6. The van der Waals surface area contributed by atoms with Gasteiger partial charge >= 0.3 is 0 Å². The van der Waals surface area contributed by atoms with E-state index in [9.17, 15) is 23.5 Å². The molecular weight excluding hydrogens is 611 g/mol. The zero-order valence-corrected chi connectivity index (χ0v) is 26.9. The van der Waals surface area contributed by atoms with Crippen LogP contribution in [0, 0.1) is 11.6 Å². The van der Waals surface area contributed by atoms with Crippen molar-refractivity contribution in [2.24, 2.45) is 0 Å². The summed E-state index contributed by atoms with van der Waals surface area (Å²) in [4.78, 5) is 29.2. The van der Waals surface area contributed by atoms with Crippen LogP contribution in [-0.2, 0) is 19.9 Å². The Labute approximate surface area is 267 Å². The number of likely N-dealkylation sites (tertiary alicyclic amines) is 1. The van der Waals surface area contributed by atoms with Gasteiger partial charge in [-0.25, -0.2) is 8.78 Å². The number of ether oxygens (including phenoxy) is 1. The molecule has 1 aliphatic heterocycles. The Bertz CT molecular complexity index is 1460. The summed E-state index contributed by atoms with van der Waals surface area (Å²) in [5.74, 6) is -2.44. The number of methoxy groups -OCH3 is 1. The van der Waals surface area contributed by atoms with Crippen LogP contribution in [0.4, 0.5) is 8.78 Å². The highest BCUT2D eigenvalue weighted by atomic mass is 35.5. The first-order chi connectivity index (χ1) is 20.5. The zero-order valence-electron chi connectivity index (χ0n) is 25.4. The molecule has 2 aromatic carbocycles. The molecule has 2 aromatic rings. The van der Waals surface area contributed by atoms with E-state index in [4.69, 9.17) is 27.9 Å². The summed E-state index contributed by atoms with van der Waals surface area (Å²) < 4.78 is 33.1. The van der Waals surface area contributed by atoms with Gasteiger partial charge in [-0.3, -0.25) is 14.5 Å². The van der Waals surface area contributed by atoms with Crippen molar-refractivity contribution in [2.75, 3.05) is 20.2 Å². The van der Waals surface area contributed by atoms with Crippen molar-refractivity contribution in [1.82, 2.24) is 15.5 Å². The number of benzene rings is 2. The number of nitrogens with one attached hydrogen (secondary N) is 2. The summed E-state index contributed by atoms with van der Waals surface area (Å²) in [7, 11) is 1.31. The summed E-state index contributed by atoms with van der Waals surface area (Å²) in [6.07, 6.45) is 4.21. The molecule has 238 valence electrons. The topological polar surface area (TPSA) is 90.9 Å². The van der Waals surface area contributed by atoms with E-state index in [2.05, 4.69) is 22.1 Å². The minimum absolute atomic E-state index is 0.000845. The minimum Gasteiger partial charge on any atom is -0.496 e. The minimum atomic E-state index is -0.916. The predicted octanol–water partition coefficient (Wildman–Crippen LogP) is 6.12. The van der Waals surface area contributed by atoms with Crippen LogP contribution in [0.1, 0.15) is 64.0 Å². The number of hydrogen-bond acceptors (Lipinski definition) is 5. The third-order valence-electron chi connectivity index (χ3n) is 8.50. The number of halogens is 4. The number of aliphatic hydroxyl groups is 1. The molecule has 2 fully saturated rings. The van der Waals surface area contributed by atoms with E-state index >= 15 is 0 Å². The van der Waals surface area contributed by atoms with Crippen molar-refractivity contribution >= 4 is 40.8 Å². The number of hydrogen-bond donors (Lipinski definition) is 3. The molecule has 1 heterocycles. The molecule has 0 spiro atoms. The number of rotatable bonds is 10. The fourth-order valence-corrected chi connectivity index (χ4v) is 6.56. The van der Waals surface area contributed by atoms with Crippen LogP contribution in [-0.4, -0.2) is 59.2 Å². The zero-order chi connectivity index (χ0) is 32.4. The number of amides is 2. The quantitative estimate of drug-likeness (QED) is 0.164. The predicted molar refractivity (Wildman–Crippen MR) is 168 cm³/mol. The summed E-state index contributed by atoms with van der Waals surface area (Å²) in [6.45, 7) is 10.2. The van der Waals surface area contributed by atoms with Gasteiger partial charge in [0.2, 0.25) is 5.91 Å². The maximum absolute atomic E-state index is 14.4. The lowest BCUT2D eigenvalue weighted by Crippen LogP contribution is -2.73. The highest BCUT2D eigenvalue weighted by Gasteiger charge is 2.49. The monoisotopic (exact) mass is 649 g/mol. The van der Waals surface area contributed by atoms with Gasteiger partial charge in [0.1, 0.15) is 17.4 Å². The first kappa shape index (κ1) is 33.9. The molecule has 0 radical (unpaired) electrons. The number of nitrogens with zero attached hydrogens (tertiary/aromatic N) is 1. The van der Waals surface area contributed by atoms with Gasteiger partial charge in [-0.15, -0.1) is 0 Å². The Morgan fingerprint density at radius 1 is 1.16 bits per heavy atom. The van der Waals surface area contributed by atoms with Crippen molar-refractivity contribution in [3.05, 3.63) is 87.4 Å². The third kappa shape index (κ3) is 7.99. The van der Waals surface area contributed by atoms with Crippen LogP contribution in [0.3, 0.4) is 0 Å². The van der Waals surface area contributed by atoms with Crippen LogP contribution in [0.25, 0.3) is 5.76 Å². The molecule has 0 atom stereocenters. The lowest BCUT2D eigenvalue weighted by molar-refractivity contribution is -0.131. The number of carbonyl (C=O) groups excluding carboxylic acids is 2. The fourth-order valence-electron chi connectivity index (χ4n) is 6.04. The van der Waals surface area contributed by atoms with E-state index < -0.39 is 34.2 Å². The van der Waals surface area contributed by atoms with Gasteiger partial charge in [0.15, 0.2) is 0 Å². The molecule has 0 aromatic heterocycles. The molecular formula is C33H39Cl2F2N3O4. The van der Waals surface area contributed by atoms with Crippen molar-refractivity contribution in [3.8, 4) is 0 Å². The molecule has 0 unspecified atom stereocenters. The molecule has 4 rings (SSSR count). The molecule has 1 saturated heterocycles. The molecule has 2 amide bonds.